The lowest BCUT2D eigenvalue weighted by Crippen LogP contribution is -2.28. The normalized spacial score (nSPS) is 17.1. The summed E-state index contributed by atoms with van der Waals surface area (Å²) < 4.78 is 4.83. The fourth-order valence-corrected chi connectivity index (χ4v) is 2.58. The predicted octanol–water partition coefficient (Wildman–Crippen LogP) is 3.78. The van der Waals surface area contributed by atoms with Crippen molar-refractivity contribution in [1.29, 1.82) is 0 Å². The highest BCUT2D eigenvalue weighted by Gasteiger charge is 2.24. The van der Waals surface area contributed by atoms with Gasteiger partial charge in [0.1, 0.15) is 0 Å². The molecule has 0 heterocycles. The predicted molar refractivity (Wildman–Crippen MR) is 92.1 cm³/mol. The molecule has 0 radical (unpaired) electrons. The van der Waals surface area contributed by atoms with Crippen molar-refractivity contribution in [3.63, 3.8) is 0 Å². The number of benzene rings is 1. The van der Waals surface area contributed by atoms with Gasteiger partial charge in [0.25, 0.3) is 0 Å². The molecule has 116 valence electrons. The van der Waals surface area contributed by atoms with Crippen LogP contribution in [-0.2, 0) is 9.53 Å². The van der Waals surface area contributed by atoms with Crippen LogP contribution in [-0.4, -0.2) is 26.2 Å². The fourth-order valence-electron chi connectivity index (χ4n) is 2.37. The van der Waals surface area contributed by atoms with E-state index in [4.69, 9.17) is 16.3 Å². The Kier molecular flexibility index (Phi) is 5.28. The molecular weight excluding hydrogens is 300 g/mol. The van der Waals surface area contributed by atoms with Crippen molar-refractivity contribution in [1.82, 2.24) is 0 Å². The molecule has 4 nitrogen and oxygen atoms in total. The summed E-state index contributed by atoms with van der Waals surface area (Å²) >= 11 is 6.00. The van der Waals surface area contributed by atoms with Crippen molar-refractivity contribution in [2.45, 2.75) is 12.5 Å². The number of carbonyl (C=O) groups is 1. The van der Waals surface area contributed by atoms with Crippen LogP contribution in [0.2, 0.25) is 0 Å². The molecule has 1 aliphatic carbocycles. The lowest BCUT2D eigenvalue weighted by Gasteiger charge is -2.23. The molecular formula is C17H19ClN2O2. The summed E-state index contributed by atoms with van der Waals surface area (Å²) in [5.41, 5.74) is 3.41. The Bertz CT molecular complexity index is 650. The molecule has 2 N–H and O–H groups in total. The van der Waals surface area contributed by atoms with Gasteiger partial charge in [-0.05, 0) is 36.3 Å². The molecule has 5 heteroatoms. The van der Waals surface area contributed by atoms with Gasteiger partial charge in [-0.2, -0.15) is 0 Å². The van der Waals surface area contributed by atoms with E-state index in [1.54, 1.807) is 12.2 Å². The van der Waals surface area contributed by atoms with Crippen molar-refractivity contribution < 1.29 is 9.53 Å². The van der Waals surface area contributed by atoms with Crippen molar-refractivity contribution in [2.24, 2.45) is 0 Å². The zero-order valence-electron chi connectivity index (χ0n) is 12.7. The van der Waals surface area contributed by atoms with E-state index < -0.39 is 0 Å². The van der Waals surface area contributed by atoms with Crippen molar-refractivity contribution in [2.75, 3.05) is 24.8 Å². The van der Waals surface area contributed by atoms with Gasteiger partial charge in [-0.3, -0.25) is 0 Å². The summed E-state index contributed by atoms with van der Waals surface area (Å²) in [5.74, 6) is -0.375. The number of methoxy groups -OCH3 is 1. The number of hydrogen-bond acceptors (Lipinski definition) is 4. The van der Waals surface area contributed by atoms with Crippen molar-refractivity contribution >= 4 is 35.0 Å². The molecule has 1 unspecified atom stereocenters. The molecule has 1 atom stereocenters. The first-order valence-corrected chi connectivity index (χ1v) is 7.33. The minimum absolute atomic E-state index is 0.173. The van der Waals surface area contributed by atoms with E-state index in [1.807, 2.05) is 31.3 Å². The first-order chi connectivity index (χ1) is 10.6. The Hall–Kier alpha value is -2.20. The summed E-state index contributed by atoms with van der Waals surface area (Å²) in [6.45, 7) is 3.81. The number of ether oxygens (including phenoxy) is 1. The second-order valence-corrected chi connectivity index (χ2v) is 5.31. The molecule has 0 aromatic heterocycles. The molecule has 0 fully saturated rings. The van der Waals surface area contributed by atoms with Gasteiger partial charge in [-0.25, -0.2) is 4.79 Å². The van der Waals surface area contributed by atoms with E-state index in [0.29, 0.717) is 17.0 Å². The Labute approximate surface area is 135 Å². The molecule has 1 aromatic carbocycles. The topological polar surface area (TPSA) is 50.4 Å². The monoisotopic (exact) mass is 318 g/mol. The van der Waals surface area contributed by atoms with Gasteiger partial charge in [-0.1, -0.05) is 30.3 Å². The van der Waals surface area contributed by atoms with Crippen molar-refractivity contribution in [3.05, 3.63) is 53.1 Å². The second-order valence-electron chi connectivity index (χ2n) is 4.87. The molecule has 0 aliphatic heterocycles. The quantitative estimate of drug-likeness (QED) is 0.811. The summed E-state index contributed by atoms with van der Waals surface area (Å²) in [6, 6.07) is 5.72. The number of rotatable bonds is 5. The van der Waals surface area contributed by atoms with E-state index in [-0.39, 0.29) is 12.0 Å². The zero-order valence-corrected chi connectivity index (χ0v) is 13.4. The van der Waals surface area contributed by atoms with Gasteiger partial charge in [0, 0.05) is 23.5 Å². The Balaban J connectivity index is 2.24. The van der Waals surface area contributed by atoms with Gasteiger partial charge in [-0.15, -0.1) is 0 Å². The van der Waals surface area contributed by atoms with E-state index in [0.717, 1.165) is 16.9 Å². The summed E-state index contributed by atoms with van der Waals surface area (Å²) in [5, 5.41) is 7.00. The largest absolute Gasteiger partial charge is 0.466 e. The third-order valence-electron chi connectivity index (χ3n) is 3.52. The SMILES string of the molecule is C=Cc1cc(NC2CC=C(Cl)C=C2C(=O)OC)ccc1NC. The van der Waals surface area contributed by atoms with Crippen LogP contribution in [0, 0.1) is 0 Å². The standard InChI is InChI=1S/C17H19ClN2O2/c1-4-11-9-13(6-8-15(11)19-2)20-16-7-5-12(18)10-14(16)17(21)22-3/h4-6,8-10,16,19-20H,1,7H2,2-3H3. The summed E-state index contributed by atoms with van der Waals surface area (Å²) in [6.07, 6.45) is 5.93. The van der Waals surface area contributed by atoms with E-state index in [1.165, 1.54) is 7.11 Å². The van der Waals surface area contributed by atoms with Crippen LogP contribution in [0.25, 0.3) is 6.08 Å². The summed E-state index contributed by atoms with van der Waals surface area (Å²) in [7, 11) is 3.23. The molecule has 0 spiro atoms. The number of anilines is 2. The third-order valence-corrected chi connectivity index (χ3v) is 3.78. The van der Waals surface area contributed by atoms with Gasteiger partial charge < -0.3 is 15.4 Å². The number of carbonyl (C=O) groups excluding carboxylic acids is 1. The van der Waals surface area contributed by atoms with Gasteiger partial charge in [0.2, 0.25) is 0 Å². The van der Waals surface area contributed by atoms with E-state index in [9.17, 15) is 4.79 Å². The van der Waals surface area contributed by atoms with Crippen LogP contribution < -0.4 is 10.6 Å². The Morgan fingerprint density at radius 1 is 1.50 bits per heavy atom. The lowest BCUT2D eigenvalue weighted by atomic mass is 9.98. The average Bonchev–Trinajstić information content (AvgIpc) is 2.55. The first-order valence-electron chi connectivity index (χ1n) is 6.95. The minimum atomic E-state index is -0.375. The van der Waals surface area contributed by atoms with Crippen molar-refractivity contribution in [3.8, 4) is 0 Å². The molecule has 1 aromatic rings. The maximum Gasteiger partial charge on any atom is 0.335 e. The number of nitrogens with one attached hydrogen (secondary N) is 2. The van der Waals surface area contributed by atoms with Crippen LogP contribution in [0.5, 0.6) is 0 Å². The molecule has 0 bridgehead atoms. The van der Waals surface area contributed by atoms with E-state index >= 15 is 0 Å². The fraction of sp³-hybridized carbons (Fsp3) is 0.235. The van der Waals surface area contributed by atoms with Crippen LogP contribution >= 0.6 is 11.6 Å². The number of halogens is 1. The zero-order chi connectivity index (χ0) is 16.1. The Morgan fingerprint density at radius 2 is 2.27 bits per heavy atom. The number of hydrogen-bond donors (Lipinski definition) is 2. The minimum Gasteiger partial charge on any atom is -0.466 e. The van der Waals surface area contributed by atoms with Crippen LogP contribution in [0.3, 0.4) is 0 Å². The van der Waals surface area contributed by atoms with Crippen LogP contribution in [0.4, 0.5) is 11.4 Å². The molecule has 0 saturated carbocycles. The Morgan fingerprint density at radius 3 is 2.91 bits per heavy atom. The van der Waals surface area contributed by atoms with E-state index in [2.05, 4.69) is 17.2 Å². The lowest BCUT2D eigenvalue weighted by molar-refractivity contribution is -0.136. The molecule has 0 saturated heterocycles. The van der Waals surface area contributed by atoms with Crippen LogP contribution in [0.1, 0.15) is 12.0 Å². The third kappa shape index (κ3) is 3.52. The number of allylic oxidation sites excluding steroid dienone is 2. The number of esters is 1. The first kappa shape index (κ1) is 16.2. The highest BCUT2D eigenvalue weighted by molar-refractivity contribution is 6.31. The second kappa shape index (κ2) is 7.18. The molecule has 2 rings (SSSR count). The maximum atomic E-state index is 11.9. The van der Waals surface area contributed by atoms with Crippen LogP contribution in [0.15, 0.2) is 47.5 Å². The smallest absolute Gasteiger partial charge is 0.335 e. The van der Waals surface area contributed by atoms with Gasteiger partial charge in [0.15, 0.2) is 0 Å². The highest BCUT2D eigenvalue weighted by Crippen LogP contribution is 2.27. The maximum absolute atomic E-state index is 11.9. The highest BCUT2D eigenvalue weighted by atomic mass is 35.5. The van der Waals surface area contributed by atoms with Gasteiger partial charge in [0.05, 0.1) is 18.7 Å². The molecule has 22 heavy (non-hydrogen) atoms. The van der Waals surface area contributed by atoms with Gasteiger partial charge >= 0.3 is 5.97 Å². The molecule has 0 amide bonds. The molecule has 1 aliphatic rings. The average molecular weight is 319 g/mol. The summed E-state index contributed by atoms with van der Waals surface area (Å²) in [4.78, 5) is 11.9.